The topological polar surface area (TPSA) is 58.1 Å². The standard InChI is InChI=1S/C16H15BrN2O2S/c1-21-12-5-6-13-14(8-12)19-16(18-13)22-9-15(20)10-3-2-4-11(17)7-10/h2-8,15,20H,9H2,1H3,(H,18,19). The predicted octanol–water partition coefficient (Wildman–Crippen LogP) is 4.16. The number of methoxy groups -OCH3 is 1. The lowest BCUT2D eigenvalue weighted by molar-refractivity contribution is 0.204. The molecule has 1 unspecified atom stereocenters. The SMILES string of the molecule is COc1ccc2nc(SCC(O)c3cccc(Br)c3)[nH]c2c1. The number of H-pyrrole nitrogens is 1. The lowest BCUT2D eigenvalue weighted by Gasteiger charge is -2.09. The molecule has 0 amide bonds. The molecule has 0 aliphatic rings. The maximum absolute atomic E-state index is 10.3. The second kappa shape index (κ2) is 6.73. The molecule has 2 aromatic carbocycles. The van der Waals surface area contributed by atoms with Gasteiger partial charge in [-0.1, -0.05) is 39.8 Å². The largest absolute Gasteiger partial charge is 0.497 e. The summed E-state index contributed by atoms with van der Waals surface area (Å²) >= 11 is 4.91. The number of imidazole rings is 1. The quantitative estimate of drug-likeness (QED) is 0.654. The van der Waals surface area contributed by atoms with Gasteiger partial charge in [0.2, 0.25) is 0 Å². The zero-order valence-electron chi connectivity index (χ0n) is 11.9. The van der Waals surface area contributed by atoms with Gasteiger partial charge in [-0.25, -0.2) is 4.98 Å². The second-order valence-corrected chi connectivity index (χ2v) is 6.73. The van der Waals surface area contributed by atoms with Crippen molar-refractivity contribution in [2.75, 3.05) is 12.9 Å². The molecule has 4 nitrogen and oxygen atoms in total. The number of ether oxygens (including phenoxy) is 1. The van der Waals surface area contributed by atoms with Crippen LogP contribution in [0.25, 0.3) is 11.0 Å². The van der Waals surface area contributed by atoms with E-state index in [1.165, 1.54) is 11.8 Å². The molecule has 0 spiro atoms. The number of halogens is 1. The van der Waals surface area contributed by atoms with Crippen molar-refractivity contribution < 1.29 is 9.84 Å². The molecular formula is C16H15BrN2O2S. The van der Waals surface area contributed by atoms with Gasteiger partial charge in [-0.3, -0.25) is 0 Å². The molecule has 1 aromatic heterocycles. The molecule has 0 aliphatic heterocycles. The fourth-order valence-corrected chi connectivity index (χ4v) is 3.40. The lowest BCUT2D eigenvalue weighted by Crippen LogP contribution is -2.00. The Hall–Kier alpha value is -1.50. The third-order valence-electron chi connectivity index (χ3n) is 3.28. The number of rotatable bonds is 5. The molecule has 0 bridgehead atoms. The first-order chi connectivity index (χ1) is 10.7. The number of aromatic amines is 1. The highest BCUT2D eigenvalue weighted by atomic mass is 79.9. The zero-order valence-corrected chi connectivity index (χ0v) is 14.3. The van der Waals surface area contributed by atoms with Gasteiger partial charge in [-0.2, -0.15) is 0 Å². The van der Waals surface area contributed by atoms with Crippen LogP contribution in [0.2, 0.25) is 0 Å². The van der Waals surface area contributed by atoms with Gasteiger partial charge in [0.15, 0.2) is 5.16 Å². The van der Waals surface area contributed by atoms with Gasteiger partial charge in [-0.15, -0.1) is 0 Å². The highest BCUT2D eigenvalue weighted by Crippen LogP contribution is 2.27. The number of thioether (sulfide) groups is 1. The van der Waals surface area contributed by atoms with Crippen LogP contribution in [0.3, 0.4) is 0 Å². The van der Waals surface area contributed by atoms with Crippen LogP contribution in [0, 0.1) is 0 Å². The van der Waals surface area contributed by atoms with Gasteiger partial charge in [0.25, 0.3) is 0 Å². The van der Waals surface area contributed by atoms with Gasteiger partial charge in [0.05, 0.1) is 24.2 Å². The van der Waals surface area contributed by atoms with Crippen LogP contribution in [0.1, 0.15) is 11.7 Å². The number of benzene rings is 2. The number of aliphatic hydroxyl groups excluding tert-OH is 1. The first-order valence-electron chi connectivity index (χ1n) is 6.76. The van der Waals surface area contributed by atoms with Crippen LogP contribution >= 0.6 is 27.7 Å². The van der Waals surface area contributed by atoms with Crippen LogP contribution < -0.4 is 4.74 Å². The molecule has 0 radical (unpaired) electrons. The zero-order chi connectivity index (χ0) is 15.5. The van der Waals surface area contributed by atoms with E-state index in [1.54, 1.807) is 7.11 Å². The summed E-state index contributed by atoms with van der Waals surface area (Å²) in [6.07, 6.45) is -0.537. The molecule has 0 aliphatic carbocycles. The average molecular weight is 379 g/mol. The summed E-state index contributed by atoms with van der Waals surface area (Å²) < 4.78 is 6.16. The first-order valence-corrected chi connectivity index (χ1v) is 8.53. The molecule has 0 saturated carbocycles. The molecule has 22 heavy (non-hydrogen) atoms. The molecule has 1 heterocycles. The third kappa shape index (κ3) is 3.45. The van der Waals surface area contributed by atoms with Crippen LogP contribution in [-0.2, 0) is 0 Å². The molecule has 1 atom stereocenters. The number of aromatic nitrogens is 2. The highest BCUT2D eigenvalue weighted by molar-refractivity contribution is 9.10. The van der Waals surface area contributed by atoms with Gasteiger partial charge >= 0.3 is 0 Å². The Kier molecular flexibility index (Phi) is 4.71. The van der Waals surface area contributed by atoms with Gasteiger partial charge in [0.1, 0.15) is 5.75 Å². The van der Waals surface area contributed by atoms with E-state index in [2.05, 4.69) is 25.9 Å². The summed E-state index contributed by atoms with van der Waals surface area (Å²) in [5, 5.41) is 11.0. The molecule has 6 heteroatoms. The van der Waals surface area contributed by atoms with E-state index in [9.17, 15) is 5.11 Å². The number of aliphatic hydroxyl groups is 1. The fourth-order valence-electron chi connectivity index (χ4n) is 2.13. The summed E-state index contributed by atoms with van der Waals surface area (Å²) in [4.78, 5) is 7.74. The Labute approximate surface area is 141 Å². The fraction of sp³-hybridized carbons (Fsp3) is 0.188. The molecule has 0 fully saturated rings. The number of fused-ring (bicyclic) bond motifs is 1. The number of nitrogens with one attached hydrogen (secondary N) is 1. The first kappa shape index (κ1) is 15.4. The lowest BCUT2D eigenvalue weighted by atomic mass is 10.1. The van der Waals surface area contributed by atoms with E-state index in [4.69, 9.17) is 4.74 Å². The van der Waals surface area contributed by atoms with Crippen LogP contribution in [0.15, 0.2) is 52.1 Å². The molecule has 3 aromatic rings. The number of hydrogen-bond donors (Lipinski definition) is 2. The van der Waals surface area contributed by atoms with Crippen molar-refractivity contribution in [3.63, 3.8) is 0 Å². The molecule has 114 valence electrons. The Morgan fingerprint density at radius 3 is 2.95 bits per heavy atom. The van der Waals surface area contributed by atoms with E-state index in [1.807, 2.05) is 42.5 Å². The molecule has 3 rings (SSSR count). The van der Waals surface area contributed by atoms with Crippen molar-refractivity contribution in [1.82, 2.24) is 9.97 Å². The van der Waals surface area contributed by atoms with E-state index in [-0.39, 0.29) is 0 Å². The van der Waals surface area contributed by atoms with Crippen molar-refractivity contribution in [2.24, 2.45) is 0 Å². The number of hydrogen-bond acceptors (Lipinski definition) is 4. The maximum Gasteiger partial charge on any atom is 0.166 e. The Morgan fingerprint density at radius 1 is 1.32 bits per heavy atom. The monoisotopic (exact) mass is 378 g/mol. The Bertz CT molecular complexity index is 791. The van der Waals surface area contributed by atoms with Crippen molar-refractivity contribution in [3.8, 4) is 5.75 Å². The maximum atomic E-state index is 10.3. The smallest absolute Gasteiger partial charge is 0.166 e. The summed E-state index contributed by atoms with van der Waals surface area (Å²) in [6, 6.07) is 13.4. The van der Waals surface area contributed by atoms with E-state index in [0.717, 1.165) is 32.0 Å². The number of nitrogens with zero attached hydrogens (tertiary/aromatic N) is 1. The van der Waals surface area contributed by atoms with Gasteiger partial charge < -0.3 is 14.8 Å². The summed E-state index contributed by atoms with van der Waals surface area (Å²) in [6.45, 7) is 0. The minimum atomic E-state index is -0.537. The van der Waals surface area contributed by atoms with E-state index in [0.29, 0.717) is 5.75 Å². The normalized spacial score (nSPS) is 12.5. The molecule has 0 saturated heterocycles. The van der Waals surface area contributed by atoms with Crippen LogP contribution in [0.4, 0.5) is 0 Å². The molecule has 2 N–H and O–H groups in total. The minimum absolute atomic E-state index is 0.535. The molecular weight excluding hydrogens is 364 g/mol. The third-order valence-corrected chi connectivity index (χ3v) is 4.72. The summed E-state index contributed by atoms with van der Waals surface area (Å²) in [5.74, 6) is 1.33. The van der Waals surface area contributed by atoms with E-state index >= 15 is 0 Å². The second-order valence-electron chi connectivity index (χ2n) is 4.81. The minimum Gasteiger partial charge on any atom is -0.497 e. The van der Waals surface area contributed by atoms with Crippen molar-refractivity contribution in [3.05, 3.63) is 52.5 Å². The van der Waals surface area contributed by atoms with E-state index < -0.39 is 6.10 Å². The van der Waals surface area contributed by atoms with Crippen molar-refractivity contribution in [1.29, 1.82) is 0 Å². The predicted molar refractivity (Wildman–Crippen MR) is 92.5 cm³/mol. The van der Waals surface area contributed by atoms with Crippen LogP contribution in [0.5, 0.6) is 5.75 Å². The van der Waals surface area contributed by atoms with Crippen molar-refractivity contribution in [2.45, 2.75) is 11.3 Å². The van der Waals surface area contributed by atoms with Crippen molar-refractivity contribution >= 4 is 38.7 Å². The Morgan fingerprint density at radius 2 is 2.18 bits per heavy atom. The van der Waals surface area contributed by atoms with Gasteiger partial charge in [0, 0.05) is 16.3 Å². The average Bonchev–Trinajstić information content (AvgIpc) is 2.94. The Balaban J connectivity index is 1.70. The van der Waals surface area contributed by atoms with Gasteiger partial charge in [-0.05, 0) is 29.8 Å². The summed E-state index contributed by atoms with van der Waals surface area (Å²) in [7, 11) is 1.64. The van der Waals surface area contributed by atoms with Crippen LogP contribution in [-0.4, -0.2) is 27.9 Å². The summed E-state index contributed by atoms with van der Waals surface area (Å²) in [5.41, 5.74) is 2.71. The highest BCUT2D eigenvalue weighted by Gasteiger charge is 2.11.